The first-order valence-corrected chi connectivity index (χ1v) is 8.87. The van der Waals surface area contributed by atoms with Crippen molar-refractivity contribution in [2.45, 2.75) is 36.4 Å². The smallest absolute Gasteiger partial charge is 0.324 e. The summed E-state index contributed by atoms with van der Waals surface area (Å²) in [6.45, 7) is 2.09. The van der Waals surface area contributed by atoms with Crippen LogP contribution in [0.3, 0.4) is 0 Å². The molecule has 1 saturated heterocycles. The summed E-state index contributed by atoms with van der Waals surface area (Å²) in [5, 5.41) is 0. The molecule has 0 N–H and O–H groups in total. The first kappa shape index (κ1) is 15.8. The number of hydrogen-bond donors (Lipinski definition) is 0. The molecule has 0 saturated carbocycles. The minimum Gasteiger partial charge on any atom is -0.468 e. The van der Waals surface area contributed by atoms with Gasteiger partial charge in [-0.2, -0.15) is 4.31 Å². The van der Waals surface area contributed by atoms with Crippen molar-refractivity contribution in [3.63, 3.8) is 0 Å². The van der Waals surface area contributed by atoms with E-state index in [-0.39, 0.29) is 4.21 Å². The Balaban J connectivity index is 2.37. The molecular weight excluding hydrogens is 322 g/mol. The molecule has 0 radical (unpaired) electrons. The Morgan fingerprint density at radius 3 is 2.75 bits per heavy atom. The Hall–Kier alpha value is -0.630. The lowest BCUT2D eigenvalue weighted by Crippen LogP contribution is -2.48. The standard InChI is InChI=1S/C12H16ClNO4S2/c1-8-7-10(19-11(8)13)20(16,17)14-6-4-3-5-9(14)12(15)18-2/h7,9H,3-6H2,1-2H3. The molecule has 0 amide bonds. The third-order valence-electron chi connectivity index (χ3n) is 3.32. The molecule has 1 aromatic heterocycles. The van der Waals surface area contributed by atoms with Crippen LogP contribution >= 0.6 is 22.9 Å². The van der Waals surface area contributed by atoms with Gasteiger partial charge in [0.15, 0.2) is 0 Å². The Morgan fingerprint density at radius 2 is 2.20 bits per heavy atom. The molecule has 20 heavy (non-hydrogen) atoms. The van der Waals surface area contributed by atoms with E-state index in [4.69, 9.17) is 16.3 Å². The van der Waals surface area contributed by atoms with Crippen molar-refractivity contribution in [2.24, 2.45) is 0 Å². The summed E-state index contributed by atoms with van der Waals surface area (Å²) >= 11 is 6.96. The van der Waals surface area contributed by atoms with Gasteiger partial charge in [-0.25, -0.2) is 8.42 Å². The highest BCUT2D eigenvalue weighted by Crippen LogP contribution is 2.34. The second-order valence-electron chi connectivity index (χ2n) is 4.67. The van der Waals surface area contributed by atoms with Gasteiger partial charge in [0.25, 0.3) is 10.0 Å². The molecule has 1 unspecified atom stereocenters. The lowest BCUT2D eigenvalue weighted by Gasteiger charge is -2.32. The number of piperidine rings is 1. The van der Waals surface area contributed by atoms with Gasteiger partial charge >= 0.3 is 5.97 Å². The van der Waals surface area contributed by atoms with Crippen molar-refractivity contribution in [2.75, 3.05) is 13.7 Å². The molecule has 0 spiro atoms. The van der Waals surface area contributed by atoms with Gasteiger partial charge < -0.3 is 4.74 Å². The highest BCUT2D eigenvalue weighted by molar-refractivity contribution is 7.91. The van der Waals surface area contributed by atoms with Crippen molar-refractivity contribution < 1.29 is 17.9 Å². The third-order valence-corrected chi connectivity index (χ3v) is 7.24. The average Bonchev–Trinajstić information content (AvgIpc) is 2.78. The van der Waals surface area contributed by atoms with E-state index in [1.165, 1.54) is 11.4 Å². The summed E-state index contributed by atoms with van der Waals surface area (Å²) in [6.07, 6.45) is 2.05. The molecule has 1 aliphatic heterocycles. The fraction of sp³-hybridized carbons (Fsp3) is 0.583. The van der Waals surface area contributed by atoms with E-state index < -0.39 is 22.0 Å². The monoisotopic (exact) mass is 337 g/mol. The van der Waals surface area contributed by atoms with E-state index in [0.29, 0.717) is 17.3 Å². The minimum absolute atomic E-state index is 0.177. The van der Waals surface area contributed by atoms with Gasteiger partial charge in [0, 0.05) is 6.54 Å². The van der Waals surface area contributed by atoms with Crippen LogP contribution in [0.5, 0.6) is 0 Å². The zero-order chi connectivity index (χ0) is 14.9. The number of halogens is 1. The first-order chi connectivity index (χ1) is 9.37. The number of rotatable bonds is 3. The normalized spacial score (nSPS) is 20.9. The number of methoxy groups -OCH3 is 1. The number of nitrogens with zero attached hydrogens (tertiary/aromatic N) is 1. The summed E-state index contributed by atoms with van der Waals surface area (Å²) in [5.41, 5.74) is 0.724. The van der Waals surface area contributed by atoms with Crippen LogP contribution < -0.4 is 0 Å². The van der Waals surface area contributed by atoms with E-state index in [1.807, 2.05) is 0 Å². The van der Waals surface area contributed by atoms with Crippen LogP contribution in [0.2, 0.25) is 4.34 Å². The van der Waals surface area contributed by atoms with E-state index >= 15 is 0 Å². The SMILES string of the molecule is COC(=O)C1CCCCN1S(=O)(=O)c1cc(C)c(Cl)s1. The molecule has 8 heteroatoms. The Kier molecular flexibility index (Phi) is 4.73. The maximum Gasteiger partial charge on any atom is 0.324 e. The van der Waals surface area contributed by atoms with Crippen LogP contribution in [0.1, 0.15) is 24.8 Å². The molecule has 1 aliphatic rings. The number of esters is 1. The van der Waals surface area contributed by atoms with Gasteiger partial charge in [-0.1, -0.05) is 11.6 Å². The van der Waals surface area contributed by atoms with Gasteiger partial charge in [0.2, 0.25) is 0 Å². The van der Waals surface area contributed by atoms with E-state index in [1.54, 1.807) is 13.0 Å². The van der Waals surface area contributed by atoms with Crippen molar-refractivity contribution in [3.8, 4) is 0 Å². The first-order valence-electron chi connectivity index (χ1n) is 6.23. The molecule has 0 bridgehead atoms. The van der Waals surface area contributed by atoms with E-state index in [0.717, 1.165) is 29.7 Å². The summed E-state index contributed by atoms with van der Waals surface area (Å²) in [6, 6.07) is 0.811. The zero-order valence-corrected chi connectivity index (χ0v) is 13.6. The van der Waals surface area contributed by atoms with Gasteiger partial charge in [-0.15, -0.1) is 11.3 Å². The Labute approximate surface area is 127 Å². The van der Waals surface area contributed by atoms with Gasteiger partial charge in [0.05, 0.1) is 11.4 Å². The van der Waals surface area contributed by atoms with E-state index in [2.05, 4.69) is 0 Å². The molecule has 1 fully saturated rings. The highest BCUT2D eigenvalue weighted by atomic mass is 35.5. The minimum atomic E-state index is -3.70. The number of sulfonamides is 1. The van der Waals surface area contributed by atoms with Crippen molar-refractivity contribution in [1.82, 2.24) is 4.31 Å². The average molecular weight is 338 g/mol. The quantitative estimate of drug-likeness (QED) is 0.795. The Bertz CT molecular complexity index is 591. The maximum absolute atomic E-state index is 12.7. The lowest BCUT2D eigenvalue weighted by atomic mass is 10.1. The second-order valence-corrected chi connectivity index (χ2v) is 8.44. The van der Waals surface area contributed by atoms with Crippen molar-refractivity contribution in [1.29, 1.82) is 0 Å². The van der Waals surface area contributed by atoms with Crippen LogP contribution in [-0.4, -0.2) is 38.4 Å². The molecular formula is C12H16ClNO4S2. The third kappa shape index (κ3) is 2.86. The summed E-state index contributed by atoms with van der Waals surface area (Å²) < 4.78 is 31.9. The van der Waals surface area contributed by atoms with Gasteiger partial charge in [0.1, 0.15) is 10.3 Å². The van der Waals surface area contributed by atoms with Gasteiger partial charge in [-0.3, -0.25) is 4.79 Å². The van der Waals surface area contributed by atoms with Crippen LogP contribution in [0, 0.1) is 6.92 Å². The molecule has 0 aliphatic carbocycles. The summed E-state index contributed by atoms with van der Waals surface area (Å²) in [7, 11) is -2.43. The number of thiophene rings is 1. The molecule has 5 nitrogen and oxygen atoms in total. The largest absolute Gasteiger partial charge is 0.468 e. The van der Waals surface area contributed by atoms with Crippen molar-refractivity contribution in [3.05, 3.63) is 16.0 Å². The fourth-order valence-corrected chi connectivity index (χ4v) is 5.72. The van der Waals surface area contributed by atoms with Crippen LogP contribution in [-0.2, 0) is 19.6 Å². The lowest BCUT2D eigenvalue weighted by molar-refractivity contribution is -0.146. The van der Waals surface area contributed by atoms with Crippen LogP contribution in [0.15, 0.2) is 10.3 Å². The molecule has 112 valence electrons. The highest BCUT2D eigenvalue weighted by Gasteiger charge is 2.39. The number of carbonyl (C=O) groups is 1. The summed E-state index contributed by atoms with van der Waals surface area (Å²) in [4.78, 5) is 11.8. The van der Waals surface area contributed by atoms with Crippen LogP contribution in [0.4, 0.5) is 0 Å². The second kappa shape index (κ2) is 6.01. The molecule has 2 heterocycles. The summed E-state index contributed by atoms with van der Waals surface area (Å²) in [5.74, 6) is -0.507. The van der Waals surface area contributed by atoms with Crippen LogP contribution in [0.25, 0.3) is 0 Å². The fourth-order valence-electron chi connectivity index (χ4n) is 2.24. The van der Waals surface area contributed by atoms with Gasteiger partial charge in [-0.05, 0) is 37.8 Å². The Morgan fingerprint density at radius 1 is 1.50 bits per heavy atom. The number of hydrogen-bond acceptors (Lipinski definition) is 5. The molecule has 1 atom stereocenters. The maximum atomic E-state index is 12.7. The topological polar surface area (TPSA) is 63.7 Å². The number of ether oxygens (including phenoxy) is 1. The molecule has 2 rings (SSSR count). The van der Waals surface area contributed by atoms with Crippen molar-refractivity contribution >= 4 is 38.9 Å². The predicted octanol–water partition coefficient (Wildman–Crippen LogP) is 2.43. The predicted molar refractivity (Wildman–Crippen MR) is 77.6 cm³/mol. The number of carbonyl (C=O) groups excluding carboxylic acids is 1. The van der Waals surface area contributed by atoms with E-state index in [9.17, 15) is 13.2 Å². The molecule has 0 aromatic carbocycles. The number of aryl methyl sites for hydroxylation is 1. The zero-order valence-electron chi connectivity index (χ0n) is 11.3. The molecule has 1 aromatic rings.